The third-order valence-corrected chi connectivity index (χ3v) is 4.71. The molecule has 0 aliphatic rings. The third kappa shape index (κ3) is 4.87. The summed E-state index contributed by atoms with van der Waals surface area (Å²) in [5, 5.41) is 6.05. The van der Waals surface area contributed by atoms with Crippen LogP contribution in [0.15, 0.2) is 47.8 Å². The summed E-state index contributed by atoms with van der Waals surface area (Å²) in [6, 6.07) is 12.2. The number of aryl methyl sites for hydroxylation is 1. The van der Waals surface area contributed by atoms with Gasteiger partial charge in [0.05, 0.1) is 22.8 Å². The van der Waals surface area contributed by atoms with E-state index in [1.807, 2.05) is 36.6 Å². The van der Waals surface area contributed by atoms with Crippen molar-refractivity contribution in [1.82, 2.24) is 4.98 Å². The number of carbonyl (C=O) groups is 1. The molecular formula is C19H16ClFN2OS. The van der Waals surface area contributed by atoms with Crippen LogP contribution in [-0.2, 0) is 17.6 Å². The Balaban J connectivity index is 1.62. The van der Waals surface area contributed by atoms with Crippen molar-refractivity contribution in [3.8, 4) is 0 Å². The third-order valence-electron chi connectivity index (χ3n) is 3.58. The maximum Gasteiger partial charge on any atom is 0.230 e. The van der Waals surface area contributed by atoms with Gasteiger partial charge in [0, 0.05) is 16.8 Å². The molecule has 0 saturated heterocycles. The van der Waals surface area contributed by atoms with Crippen LogP contribution < -0.4 is 5.32 Å². The largest absolute Gasteiger partial charge is 0.323 e. The van der Waals surface area contributed by atoms with Crippen LogP contribution >= 0.6 is 22.9 Å². The molecule has 0 atom stereocenters. The minimum atomic E-state index is -0.445. The Morgan fingerprint density at radius 3 is 2.92 bits per heavy atom. The van der Waals surface area contributed by atoms with Gasteiger partial charge in [-0.1, -0.05) is 29.8 Å². The minimum absolute atomic E-state index is 0.111. The van der Waals surface area contributed by atoms with Crippen LogP contribution in [0.5, 0.6) is 0 Å². The first-order valence-electron chi connectivity index (χ1n) is 7.73. The number of nitrogens with one attached hydrogen (secondary N) is 1. The molecule has 0 bridgehead atoms. The van der Waals surface area contributed by atoms with E-state index >= 15 is 0 Å². The quantitative estimate of drug-likeness (QED) is 0.681. The van der Waals surface area contributed by atoms with Crippen molar-refractivity contribution in [2.24, 2.45) is 0 Å². The first kappa shape index (κ1) is 17.6. The van der Waals surface area contributed by atoms with Crippen molar-refractivity contribution in [2.45, 2.75) is 19.8 Å². The van der Waals surface area contributed by atoms with E-state index in [1.165, 1.54) is 17.4 Å². The monoisotopic (exact) mass is 374 g/mol. The topological polar surface area (TPSA) is 42.0 Å². The van der Waals surface area contributed by atoms with Gasteiger partial charge in [-0.3, -0.25) is 4.79 Å². The highest BCUT2D eigenvalue weighted by Gasteiger charge is 2.11. The fraction of sp³-hybridized carbons (Fsp3) is 0.158. The second-order valence-electron chi connectivity index (χ2n) is 5.75. The molecule has 0 fully saturated rings. The first-order chi connectivity index (χ1) is 12.0. The maximum absolute atomic E-state index is 13.7. The molecule has 0 unspecified atom stereocenters. The number of carbonyl (C=O) groups excluding carboxylic acids is 1. The molecule has 1 amide bonds. The lowest BCUT2D eigenvalue weighted by atomic mass is 10.2. The Bertz CT molecular complexity index is 910. The Kier molecular flexibility index (Phi) is 5.46. The van der Waals surface area contributed by atoms with Crippen molar-refractivity contribution in [3.63, 3.8) is 0 Å². The molecule has 1 N–H and O–H groups in total. The summed E-state index contributed by atoms with van der Waals surface area (Å²) in [4.78, 5) is 16.6. The van der Waals surface area contributed by atoms with Gasteiger partial charge in [0.15, 0.2) is 0 Å². The molecule has 3 aromatic rings. The van der Waals surface area contributed by atoms with Gasteiger partial charge in [0.2, 0.25) is 5.91 Å². The van der Waals surface area contributed by atoms with E-state index < -0.39 is 5.82 Å². The summed E-state index contributed by atoms with van der Waals surface area (Å²) >= 11 is 7.48. The van der Waals surface area contributed by atoms with E-state index in [9.17, 15) is 9.18 Å². The summed E-state index contributed by atoms with van der Waals surface area (Å²) in [6.45, 7) is 1.84. The summed E-state index contributed by atoms with van der Waals surface area (Å²) < 4.78 is 13.7. The summed E-state index contributed by atoms with van der Waals surface area (Å²) in [5.74, 6) is -0.733. The predicted octanol–water partition coefficient (Wildman–Crippen LogP) is 5.02. The van der Waals surface area contributed by atoms with E-state index in [-0.39, 0.29) is 18.0 Å². The number of benzene rings is 2. The van der Waals surface area contributed by atoms with Crippen molar-refractivity contribution in [2.75, 3.05) is 5.32 Å². The number of rotatable bonds is 5. The summed E-state index contributed by atoms with van der Waals surface area (Å²) in [5.41, 5.74) is 2.82. The Hall–Kier alpha value is -2.24. The van der Waals surface area contributed by atoms with Gasteiger partial charge in [-0.2, -0.15) is 0 Å². The molecule has 6 heteroatoms. The van der Waals surface area contributed by atoms with E-state index in [0.717, 1.165) is 16.1 Å². The lowest BCUT2D eigenvalue weighted by molar-refractivity contribution is -0.115. The van der Waals surface area contributed by atoms with E-state index in [1.54, 1.807) is 12.1 Å². The number of aromatic nitrogens is 1. The minimum Gasteiger partial charge on any atom is -0.323 e. The van der Waals surface area contributed by atoms with Gasteiger partial charge in [-0.25, -0.2) is 9.37 Å². The fourth-order valence-electron chi connectivity index (χ4n) is 2.43. The number of amides is 1. The number of hydrogen-bond donors (Lipinski definition) is 1. The van der Waals surface area contributed by atoms with Crippen LogP contribution in [0, 0.1) is 12.7 Å². The molecule has 0 aliphatic carbocycles. The summed E-state index contributed by atoms with van der Waals surface area (Å²) in [6.07, 6.45) is 0.777. The van der Waals surface area contributed by atoms with Crippen molar-refractivity contribution < 1.29 is 9.18 Å². The molecule has 128 valence electrons. The van der Waals surface area contributed by atoms with Gasteiger partial charge >= 0.3 is 0 Å². The average Bonchev–Trinajstić information content (AvgIpc) is 2.97. The number of halogens is 2. The molecule has 0 spiro atoms. The lowest BCUT2D eigenvalue weighted by Crippen LogP contribution is -2.15. The zero-order valence-electron chi connectivity index (χ0n) is 13.6. The molecule has 0 saturated carbocycles. The number of anilines is 1. The molecule has 3 rings (SSSR count). The lowest BCUT2D eigenvalue weighted by Gasteiger charge is -2.06. The molecule has 1 heterocycles. The number of nitrogens with zero attached hydrogens (tertiary/aromatic N) is 1. The summed E-state index contributed by atoms with van der Waals surface area (Å²) in [7, 11) is 0. The molecule has 2 aromatic carbocycles. The maximum atomic E-state index is 13.7. The van der Waals surface area contributed by atoms with Crippen molar-refractivity contribution in [3.05, 3.63) is 80.5 Å². The molecule has 3 nitrogen and oxygen atoms in total. The van der Waals surface area contributed by atoms with Crippen LogP contribution in [0.4, 0.5) is 10.1 Å². The SMILES string of the molecule is Cc1ccc(F)c(NC(=O)Cc2csc(Cc3cccc(Cl)c3)n2)c1. The van der Waals surface area contributed by atoms with Crippen LogP contribution in [0.1, 0.15) is 21.8 Å². The van der Waals surface area contributed by atoms with Gasteiger partial charge in [-0.05, 0) is 42.3 Å². The number of thiazole rings is 1. The molecule has 25 heavy (non-hydrogen) atoms. The van der Waals surface area contributed by atoms with Crippen LogP contribution in [0.25, 0.3) is 0 Å². The highest BCUT2D eigenvalue weighted by atomic mass is 35.5. The van der Waals surface area contributed by atoms with Gasteiger partial charge in [-0.15, -0.1) is 11.3 Å². The smallest absolute Gasteiger partial charge is 0.230 e. The van der Waals surface area contributed by atoms with Crippen molar-refractivity contribution >= 4 is 34.5 Å². The number of hydrogen-bond acceptors (Lipinski definition) is 3. The highest BCUT2D eigenvalue weighted by molar-refractivity contribution is 7.09. The molecule has 0 aliphatic heterocycles. The first-order valence-corrected chi connectivity index (χ1v) is 8.99. The normalized spacial score (nSPS) is 10.7. The molecule has 1 aromatic heterocycles. The fourth-order valence-corrected chi connectivity index (χ4v) is 3.47. The van der Waals surface area contributed by atoms with Crippen molar-refractivity contribution in [1.29, 1.82) is 0 Å². The Morgan fingerprint density at radius 2 is 2.12 bits per heavy atom. The van der Waals surface area contributed by atoms with E-state index in [0.29, 0.717) is 17.1 Å². The highest BCUT2D eigenvalue weighted by Crippen LogP contribution is 2.19. The molecular weight excluding hydrogens is 359 g/mol. The van der Waals surface area contributed by atoms with Crippen LogP contribution in [-0.4, -0.2) is 10.9 Å². The average molecular weight is 375 g/mol. The standard InChI is InChI=1S/C19H16ClFN2OS/c1-12-5-6-16(21)17(7-12)23-18(24)10-15-11-25-19(22-15)9-13-3-2-4-14(20)8-13/h2-8,11H,9-10H2,1H3,(H,23,24). The Morgan fingerprint density at radius 1 is 1.28 bits per heavy atom. The van der Waals surface area contributed by atoms with Crippen LogP contribution in [0.3, 0.4) is 0 Å². The van der Waals surface area contributed by atoms with Gasteiger partial charge < -0.3 is 5.32 Å². The second kappa shape index (κ2) is 7.76. The van der Waals surface area contributed by atoms with Crippen LogP contribution in [0.2, 0.25) is 5.02 Å². The zero-order chi connectivity index (χ0) is 17.8. The van der Waals surface area contributed by atoms with Gasteiger partial charge in [0.25, 0.3) is 0 Å². The van der Waals surface area contributed by atoms with Gasteiger partial charge in [0.1, 0.15) is 5.82 Å². The zero-order valence-corrected chi connectivity index (χ0v) is 15.1. The second-order valence-corrected chi connectivity index (χ2v) is 7.13. The molecule has 0 radical (unpaired) electrons. The van der Waals surface area contributed by atoms with E-state index in [2.05, 4.69) is 10.3 Å². The Labute approximate surface area is 154 Å². The van der Waals surface area contributed by atoms with E-state index in [4.69, 9.17) is 11.6 Å². The predicted molar refractivity (Wildman–Crippen MR) is 99.8 cm³/mol.